The van der Waals surface area contributed by atoms with Crippen molar-refractivity contribution in [3.63, 3.8) is 0 Å². The van der Waals surface area contributed by atoms with Crippen LogP contribution in [0.4, 0.5) is 0 Å². The van der Waals surface area contributed by atoms with E-state index in [0.717, 1.165) is 6.61 Å². The molecule has 2 atom stereocenters. The van der Waals surface area contributed by atoms with Gasteiger partial charge in [0.25, 0.3) is 0 Å². The molecule has 0 aliphatic carbocycles. The van der Waals surface area contributed by atoms with Crippen molar-refractivity contribution in [2.75, 3.05) is 19.8 Å². The van der Waals surface area contributed by atoms with Crippen LogP contribution in [0.2, 0.25) is 0 Å². The Kier molecular flexibility index (Phi) is 3.98. The standard InChI is InChI=1S/C9H18O3/c1-7(2)12-9-8(3)6-10-4-5-11-9/h7-9H,4-6H2,1-3H3/t8-,9-/m0/s1. The molecule has 1 fully saturated rings. The summed E-state index contributed by atoms with van der Waals surface area (Å²) in [5.41, 5.74) is 0. The highest BCUT2D eigenvalue weighted by Gasteiger charge is 2.22. The predicted octanol–water partition coefficient (Wildman–Crippen LogP) is 1.42. The minimum atomic E-state index is -0.0903. The Balaban J connectivity index is 2.36. The number of hydrogen-bond donors (Lipinski definition) is 0. The Labute approximate surface area is 74.0 Å². The molecule has 0 aromatic rings. The highest BCUT2D eigenvalue weighted by molar-refractivity contribution is 4.60. The van der Waals surface area contributed by atoms with Gasteiger partial charge in [-0.1, -0.05) is 6.92 Å². The number of hydrogen-bond acceptors (Lipinski definition) is 3. The summed E-state index contributed by atoms with van der Waals surface area (Å²) < 4.78 is 16.4. The predicted molar refractivity (Wildman–Crippen MR) is 45.9 cm³/mol. The van der Waals surface area contributed by atoms with E-state index in [1.165, 1.54) is 0 Å². The molecular formula is C9H18O3. The van der Waals surface area contributed by atoms with E-state index >= 15 is 0 Å². The van der Waals surface area contributed by atoms with Gasteiger partial charge in [-0.3, -0.25) is 0 Å². The first-order valence-electron chi connectivity index (χ1n) is 4.55. The second-order valence-electron chi connectivity index (χ2n) is 3.48. The van der Waals surface area contributed by atoms with Crippen LogP contribution in [-0.2, 0) is 14.2 Å². The van der Waals surface area contributed by atoms with Crippen molar-refractivity contribution >= 4 is 0 Å². The molecule has 0 unspecified atom stereocenters. The van der Waals surface area contributed by atoms with Gasteiger partial charge in [0.15, 0.2) is 6.29 Å². The lowest BCUT2D eigenvalue weighted by Gasteiger charge is -2.22. The van der Waals surface area contributed by atoms with Gasteiger partial charge < -0.3 is 14.2 Å². The fourth-order valence-electron chi connectivity index (χ4n) is 1.18. The van der Waals surface area contributed by atoms with Crippen molar-refractivity contribution in [1.29, 1.82) is 0 Å². The Hall–Kier alpha value is -0.120. The zero-order chi connectivity index (χ0) is 8.97. The third-order valence-corrected chi connectivity index (χ3v) is 1.76. The van der Waals surface area contributed by atoms with Crippen molar-refractivity contribution in [2.24, 2.45) is 5.92 Å². The van der Waals surface area contributed by atoms with E-state index in [4.69, 9.17) is 14.2 Å². The van der Waals surface area contributed by atoms with Crippen molar-refractivity contribution < 1.29 is 14.2 Å². The Morgan fingerprint density at radius 3 is 2.75 bits per heavy atom. The summed E-state index contributed by atoms with van der Waals surface area (Å²) in [6.45, 7) is 8.17. The van der Waals surface area contributed by atoms with Crippen LogP contribution in [0.25, 0.3) is 0 Å². The van der Waals surface area contributed by atoms with Crippen LogP contribution in [0.3, 0.4) is 0 Å². The SMILES string of the molecule is CC(C)O[C@@H]1OCCOC[C@@H]1C. The average molecular weight is 174 g/mol. The maximum Gasteiger partial charge on any atom is 0.162 e. The molecule has 0 amide bonds. The number of ether oxygens (including phenoxy) is 3. The van der Waals surface area contributed by atoms with Gasteiger partial charge in [0.1, 0.15) is 0 Å². The highest BCUT2D eigenvalue weighted by Crippen LogP contribution is 2.14. The van der Waals surface area contributed by atoms with Crippen molar-refractivity contribution in [1.82, 2.24) is 0 Å². The first-order valence-corrected chi connectivity index (χ1v) is 4.55. The van der Waals surface area contributed by atoms with E-state index in [9.17, 15) is 0 Å². The molecule has 3 nitrogen and oxygen atoms in total. The molecule has 1 aliphatic heterocycles. The summed E-state index contributed by atoms with van der Waals surface area (Å²) in [6.07, 6.45) is 0.128. The quantitative estimate of drug-likeness (QED) is 0.633. The minimum absolute atomic E-state index is 0.0903. The maximum atomic E-state index is 5.58. The zero-order valence-electron chi connectivity index (χ0n) is 8.08. The van der Waals surface area contributed by atoms with Crippen LogP contribution in [0, 0.1) is 5.92 Å². The van der Waals surface area contributed by atoms with Gasteiger partial charge in [0.2, 0.25) is 0 Å². The molecule has 1 aliphatic rings. The summed E-state index contributed by atoms with van der Waals surface area (Å²) in [5, 5.41) is 0. The monoisotopic (exact) mass is 174 g/mol. The second kappa shape index (κ2) is 4.80. The fraction of sp³-hybridized carbons (Fsp3) is 1.00. The summed E-state index contributed by atoms with van der Waals surface area (Å²) in [5.74, 6) is 0.329. The number of rotatable bonds is 2. The van der Waals surface area contributed by atoms with Crippen LogP contribution in [0.1, 0.15) is 20.8 Å². The summed E-state index contributed by atoms with van der Waals surface area (Å²) in [4.78, 5) is 0. The minimum Gasteiger partial charge on any atom is -0.379 e. The maximum absolute atomic E-state index is 5.58. The van der Waals surface area contributed by atoms with Crippen molar-refractivity contribution in [3.8, 4) is 0 Å². The molecular weight excluding hydrogens is 156 g/mol. The molecule has 0 bridgehead atoms. The molecule has 1 heterocycles. The van der Waals surface area contributed by atoms with Crippen LogP contribution in [0.15, 0.2) is 0 Å². The van der Waals surface area contributed by atoms with E-state index in [-0.39, 0.29) is 12.4 Å². The Morgan fingerprint density at radius 1 is 1.33 bits per heavy atom. The second-order valence-corrected chi connectivity index (χ2v) is 3.48. The molecule has 0 aromatic heterocycles. The Morgan fingerprint density at radius 2 is 2.08 bits per heavy atom. The van der Waals surface area contributed by atoms with E-state index in [1.54, 1.807) is 0 Å². The molecule has 0 radical (unpaired) electrons. The van der Waals surface area contributed by atoms with Crippen LogP contribution in [-0.4, -0.2) is 32.2 Å². The lowest BCUT2D eigenvalue weighted by Crippen LogP contribution is -2.28. The topological polar surface area (TPSA) is 27.7 Å². The summed E-state index contributed by atoms with van der Waals surface area (Å²) in [7, 11) is 0. The molecule has 0 aromatic carbocycles. The molecule has 0 spiro atoms. The van der Waals surface area contributed by atoms with Crippen LogP contribution in [0.5, 0.6) is 0 Å². The molecule has 72 valence electrons. The van der Waals surface area contributed by atoms with Gasteiger partial charge >= 0.3 is 0 Å². The normalized spacial score (nSPS) is 32.0. The van der Waals surface area contributed by atoms with Crippen LogP contribution >= 0.6 is 0 Å². The van der Waals surface area contributed by atoms with Gasteiger partial charge in [0, 0.05) is 5.92 Å². The zero-order valence-corrected chi connectivity index (χ0v) is 8.08. The summed E-state index contributed by atoms with van der Waals surface area (Å²) in [6, 6.07) is 0. The smallest absolute Gasteiger partial charge is 0.162 e. The molecule has 0 N–H and O–H groups in total. The van der Waals surface area contributed by atoms with Gasteiger partial charge in [-0.15, -0.1) is 0 Å². The molecule has 0 saturated carbocycles. The fourth-order valence-corrected chi connectivity index (χ4v) is 1.18. The Bertz CT molecular complexity index is 125. The lowest BCUT2D eigenvalue weighted by molar-refractivity contribution is -0.179. The van der Waals surface area contributed by atoms with Crippen LogP contribution < -0.4 is 0 Å². The van der Waals surface area contributed by atoms with Gasteiger partial charge in [-0.05, 0) is 13.8 Å². The molecule has 1 rings (SSSR count). The molecule has 12 heavy (non-hydrogen) atoms. The third kappa shape index (κ3) is 3.09. The van der Waals surface area contributed by atoms with Gasteiger partial charge in [0.05, 0.1) is 25.9 Å². The van der Waals surface area contributed by atoms with Gasteiger partial charge in [-0.2, -0.15) is 0 Å². The molecule has 3 heteroatoms. The third-order valence-electron chi connectivity index (χ3n) is 1.76. The first kappa shape index (κ1) is 9.96. The van der Waals surface area contributed by atoms with E-state index in [1.807, 2.05) is 13.8 Å². The van der Waals surface area contributed by atoms with Crippen molar-refractivity contribution in [3.05, 3.63) is 0 Å². The van der Waals surface area contributed by atoms with Gasteiger partial charge in [-0.25, -0.2) is 0 Å². The van der Waals surface area contributed by atoms with E-state index in [0.29, 0.717) is 19.1 Å². The highest BCUT2D eigenvalue weighted by atomic mass is 16.7. The van der Waals surface area contributed by atoms with E-state index < -0.39 is 0 Å². The molecule has 1 saturated heterocycles. The lowest BCUT2D eigenvalue weighted by atomic mass is 10.2. The first-order chi connectivity index (χ1) is 5.70. The van der Waals surface area contributed by atoms with E-state index in [2.05, 4.69) is 6.92 Å². The largest absolute Gasteiger partial charge is 0.379 e. The van der Waals surface area contributed by atoms with Crippen molar-refractivity contribution in [2.45, 2.75) is 33.2 Å². The average Bonchev–Trinajstić information content (AvgIpc) is 2.16. The summed E-state index contributed by atoms with van der Waals surface area (Å²) >= 11 is 0.